The van der Waals surface area contributed by atoms with Crippen LogP contribution < -0.4 is 10.6 Å². The van der Waals surface area contributed by atoms with Crippen LogP contribution in [0.5, 0.6) is 0 Å². The van der Waals surface area contributed by atoms with E-state index in [4.69, 9.17) is 23.2 Å². The van der Waals surface area contributed by atoms with Crippen molar-refractivity contribution in [3.8, 4) is 0 Å². The Morgan fingerprint density at radius 2 is 1.62 bits per heavy atom. The smallest absolute Gasteiger partial charge is 0.315 e. The van der Waals surface area contributed by atoms with Crippen LogP contribution in [0.3, 0.4) is 0 Å². The Bertz CT molecular complexity index is 684. The van der Waals surface area contributed by atoms with Crippen LogP contribution in [0.15, 0.2) is 36.5 Å². The molecule has 7 heteroatoms. The normalized spacial score (nSPS) is 10.0. The Hall–Kier alpha value is -2.11. The zero-order valence-corrected chi connectivity index (χ0v) is 12.5. The van der Waals surface area contributed by atoms with E-state index in [-0.39, 0.29) is 15.7 Å². The molecule has 0 bridgehead atoms. The van der Waals surface area contributed by atoms with Gasteiger partial charge in [0.1, 0.15) is 5.82 Å². The molecule has 0 aliphatic heterocycles. The summed E-state index contributed by atoms with van der Waals surface area (Å²) < 4.78 is 0. The van der Waals surface area contributed by atoms with Gasteiger partial charge in [0.15, 0.2) is 0 Å². The van der Waals surface area contributed by atoms with Gasteiger partial charge in [0.25, 0.3) is 0 Å². The van der Waals surface area contributed by atoms with Gasteiger partial charge in [-0.1, -0.05) is 35.3 Å². The summed E-state index contributed by atoms with van der Waals surface area (Å²) in [6.07, 6.45) is 1.52. The maximum absolute atomic E-state index is 11.9. The molecule has 0 spiro atoms. The minimum atomic E-state index is -0.880. The molecule has 2 amide bonds. The van der Waals surface area contributed by atoms with Crippen LogP contribution in [0.25, 0.3) is 0 Å². The van der Waals surface area contributed by atoms with Crippen LogP contribution in [-0.2, 0) is 9.59 Å². The van der Waals surface area contributed by atoms with Crippen molar-refractivity contribution >= 4 is 46.5 Å². The van der Waals surface area contributed by atoms with E-state index < -0.39 is 11.8 Å². The van der Waals surface area contributed by atoms with Gasteiger partial charge in [0.2, 0.25) is 0 Å². The van der Waals surface area contributed by atoms with Gasteiger partial charge < -0.3 is 10.6 Å². The lowest BCUT2D eigenvalue weighted by Crippen LogP contribution is -2.29. The molecule has 0 aliphatic carbocycles. The molecule has 1 aromatic heterocycles. The summed E-state index contributed by atoms with van der Waals surface area (Å²) >= 11 is 11.8. The van der Waals surface area contributed by atoms with Crippen molar-refractivity contribution in [3.63, 3.8) is 0 Å². The molecule has 0 saturated heterocycles. The molecule has 0 fully saturated rings. The molecule has 5 nitrogen and oxygen atoms in total. The fourth-order valence-electron chi connectivity index (χ4n) is 1.57. The summed E-state index contributed by atoms with van der Waals surface area (Å²) in [6, 6.07) is 8.26. The number of anilines is 2. The number of pyridine rings is 1. The average Bonchev–Trinajstić information content (AvgIpc) is 2.45. The van der Waals surface area contributed by atoms with E-state index in [1.165, 1.54) is 6.20 Å². The molecular weight excluding hydrogens is 313 g/mol. The molecule has 0 atom stereocenters. The number of rotatable bonds is 2. The molecule has 0 saturated carbocycles. The number of hydrogen-bond donors (Lipinski definition) is 2. The molecule has 2 aromatic rings. The number of carbonyl (C=O) groups excluding carboxylic acids is 2. The molecule has 0 radical (unpaired) electrons. The molecule has 2 rings (SSSR count). The zero-order chi connectivity index (χ0) is 15.4. The van der Waals surface area contributed by atoms with E-state index >= 15 is 0 Å². The fraction of sp³-hybridized carbons (Fsp3) is 0.0714. The van der Waals surface area contributed by atoms with Gasteiger partial charge in [-0.15, -0.1) is 0 Å². The SMILES string of the molecule is Cc1cccnc1NC(=O)C(=O)Nc1c(Cl)cccc1Cl. The Morgan fingerprint density at radius 3 is 2.24 bits per heavy atom. The minimum absolute atomic E-state index is 0.193. The van der Waals surface area contributed by atoms with Gasteiger partial charge in [-0.2, -0.15) is 0 Å². The lowest BCUT2D eigenvalue weighted by molar-refractivity contribution is -0.133. The number of halogens is 2. The minimum Gasteiger partial charge on any atom is -0.315 e. The monoisotopic (exact) mass is 323 g/mol. The Morgan fingerprint density at radius 1 is 1.00 bits per heavy atom. The van der Waals surface area contributed by atoms with Crippen molar-refractivity contribution in [2.45, 2.75) is 6.92 Å². The maximum Gasteiger partial charge on any atom is 0.315 e. The third-order valence-corrected chi connectivity index (χ3v) is 3.28. The van der Waals surface area contributed by atoms with Crippen molar-refractivity contribution < 1.29 is 9.59 Å². The molecule has 1 aromatic carbocycles. The third kappa shape index (κ3) is 3.71. The first-order valence-electron chi connectivity index (χ1n) is 5.97. The molecule has 1 heterocycles. The van der Waals surface area contributed by atoms with E-state index in [0.29, 0.717) is 5.82 Å². The highest BCUT2D eigenvalue weighted by atomic mass is 35.5. The fourth-order valence-corrected chi connectivity index (χ4v) is 2.06. The Balaban J connectivity index is 2.10. The molecular formula is C14H11Cl2N3O2. The Labute approximate surface area is 131 Å². The zero-order valence-electron chi connectivity index (χ0n) is 11.0. The van der Waals surface area contributed by atoms with Gasteiger partial charge in [0.05, 0.1) is 15.7 Å². The van der Waals surface area contributed by atoms with Gasteiger partial charge in [-0.05, 0) is 30.7 Å². The average molecular weight is 324 g/mol. The largest absolute Gasteiger partial charge is 0.315 e. The predicted octanol–water partition coefficient (Wildman–Crippen LogP) is 3.27. The van der Waals surface area contributed by atoms with E-state index in [2.05, 4.69) is 15.6 Å². The summed E-state index contributed by atoms with van der Waals surface area (Å²) in [5, 5.41) is 5.29. The number of nitrogens with one attached hydrogen (secondary N) is 2. The first-order chi connectivity index (χ1) is 9.99. The van der Waals surface area contributed by atoms with E-state index in [9.17, 15) is 9.59 Å². The molecule has 108 valence electrons. The van der Waals surface area contributed by atoms with Crippen molar-refractivity contribution in [1.29, 1.82) is 0 Å². The summed E-state index contributed by atoms with van der Waals surface area (Å²) in [5.41, 5.74) is 0.938. The summed E-state index contributed by atoms with van der Waals surface area (Å²) in [4.78, 5) is 27.7. The second-order valence-electron chi connectivity index (χ2n) is 4.17. The lowest BCUT2D eigenvalue weighted by atomic mass is 10.3. The number of aryl methyl sites for hydroxylation is 1. The first-order valence-corrected chi connectivity index (χ1v) is 6.72. The number of carbonyl (C=O) groups is 2. The van der Waals surface area contributed by atoms with Crippen LogP contribution in [0.2, 0.25) is 10.0 Å². The predicted molar refractivity (Wildman–Crippen MR) is 82.7 cm³/mol. The molecule has 0 aliphatic rings. The van der Waals surface area contributed by atoms with Crippen LogP contribution >= 0.6 is 23.2 Å². The summed E-state index contributed by atoms with van der Waals surface area (Å²) in [6.45, 7) is 1.77. The van der Waals surface area contributed by atoms with Gasteiger partial charge in [0, 0.05) is 6.20 Å². The second-order valence-corrected chi connectivity index (χ2v) is 4.99. The van der Waals surface area contributed by atoms with Crippen molar-refractivity contribution in [1.82, 2.24) is 4.98 Å². The third-order valence-electron chi connectivity index (χ3n) is 2.65. The number of nitrogens with zero attached hydrogens (tertiary/aromatic N) is 1. The standard InChI is InChI=1S/C14H11Cl2N3O2/c1-8-4-3-7-17-12(8)19-14(21)13(20)18-11-9(15)5-2-6-10(11)16/h2-7H,1H3,(H,18,20)(H,17,19,21). The van der Waals surface area contributed by atoms with Crippen LogP contribution in [0, 0.1) is 6.92 Å². The lowest BCUT2D eigenvalue weighted by Gasteiger charge is -2.09. The summed E-state index contributed by atoms with van der Waals surface area (Å²) in [5.74, 6) is -1.41. The summed E-state index contributed by atoms with van der Waals surface area (Å²) in [7, 11) is 0. The van der Waals surface area contributed by atoms with Crippen LogP contribution in [0.1, 0.15) is 5.56 Å². The van der Waals surface area contributed by atoms with Crippen LogP contribution in [-0.4, -0.2) is 16.8 Å². The molecule has 21 heavy (non-hydrogen) atoms. The highest BCUT2D eigenvalue weighted by Crippen LogP contribution is 2.29. The number of para-hydroxylation sites is 1. The topological polar surface area (TPSA) is 71.1 Å². The number of amides is 2. The molecule has 2 N–H and O–H groups in total. The molecule has 0 unspecified atom stereocenters. The second kappa shape index (κ2) is 6.56. The van der Waals surface area contributed by atoms with Gasteiger partial charge in [-0.3, -0.25) is 9.59 Å². The van der Waals surface area contributed by atoms with E-state index in [1.54, 1.807) is 37.3 Å². The quantitative estimate of drug-likeness (QED) is 0.833. The number of benzene rings is 1. The first kappa shape index (κ1) is 15.3. The van der Waals surface area contributed by atoms with Crippen molar-refractivity contribution in [2.24, 2.45) is 0 Å². The number of hydrogen-bond acceptors (Lipinski definition) is 3. The van der Waals surface area contributed by atoms with Crippen molar-refractivity contribution in [3.05, 3.63) is 52.1 Å². The van der Waals surface area contributed by atoms with Gasteiger partial charge in [-0.25, -0.2) is 4.98 Å². The van der Waals surface area contributed by atoms with E-state index in [0.717, 1.165) is 5.56 Å². The highest BCUT2D eigenvalue weighted by Gasteiger charge is 2.18. The van der Waals surface area contributed by atoms with Crippen LogP contribution in [0.4, 0.5) is 11.5 Å². The van der Waals surface area contributed by atoms with Crippen molar-refractivity contribution in [2.75, 3.05) is 10.6 Å². The highest BCUT2D eigenvalue weighted by molar-refractivity contribution is 6.46. The number of aromatic nitrogens is 1. The van der Waals surface area contributed by atoms with E-state index in [1.807, 2.05) is 0 Å². The Kier molecular flexibility index (Phi) is 4.77. The van der Waals surface area contributed by atoms with Gasteiger partial charge >= 0.3 is 11.8 Å². The maximum atomic E-state index is 11.9.